The van der Waals surface area contributed by atoms with E-state index in [0.29, 0.717) is 10.8 Å². The van der Waals surface area contributed by atoms with Gasteiger partial charge in [-0.05, 0) is 25.0 Å². The Kier molecular flexibility index (Phi) is 2.06. The minimum Gasteiger partial charge on any atom is -0.191 e. The Labute approximate surface area is 69.6 Å². The van der Waals surface area contributed by atoms with E-state index in [0.717, 1.165) is 11.1 Å². The summed E-state index contributed by atoms with van der Waals surface area (Å²) >= 11 is 5.66. The molecule has 0 spiro atoms. The number of aromatic nitrogens is 2. The first-order valence-corrected chi connectivity index (χ1v) is 3.44. The van der Waals surface area contributed by atoms with Crippen molar-refractivity contribution in [1.82, 2.24) is 10.2 Å². The highest BCUT2D eigenvalue weighted by atomic mass is 35.5. The Balaban J connectivity index is 3.40. The van der Waals surface area contributed by atoms with E-state index in [-0.39, 0.29) is 0 Å². The Hall–Kier alpha value is -1.14. The number of nitriles is 1. The highest BCUT2D eigenvalue weighted by Gasteiger charge is 2.05. The van der Waals surface area contributed by atoms with E-state index in [9.17, 15) is 0 Å². The standard InChI is InChI=1S/C7H6ClN3/c1-4-5(2)7(8)11-10-6(4)3-9/h1-2H3. The molecule has 1 aromatic heterocycles. The van der Waals surface area contributed by atoms with Gasteiger partial charge in [-0.25, -0.2) is 0 Å². The summed E-state index contributed by atoms with van der Waals surface area (Å²) < 4.78 is 0. The van der Waals surface area contributed by atoms with Crippen molar-refractivity contribution in [3.05, 3.63) is 22.0 Å². The summed E-state index contributed by atoms with van der Waals surface area (Å²) in [7, 11) is 0. The average molecular weight is 168 g/mol. The van der Waals surface area contributed by atoms with Crippen molar-refractivity contribution in [3.63, 3.8) is 0 Å². The molecule has 0 N–H and O–H groups in total. The molecule has 0 saturated carbocycles. The average Bonchev–Trinajstić information content (AvgIpc) is 2.01. The van der Waals surface area contributed by atoms with Crippen LogP contribution in [0.3, 0.4) is 0 Å². The number of nitrogens with zero attached hydrogens (tertiary/aromatic N) is 3. The van der Waals surface area contributed by atoms with Crippen molar-refractivity contribution in [2.45, 2.75) is 13.8 Å². The Morgan fingerprint density at radius 2 is 1.91 bits per heavy atom. The maximum absolute atomic E-state index is 8.54. The van der Waals surface area contributed by atoms with Gasteiger partial charge in [0.2, 0.25) is 0 Å². The molecule has 4 heteroatoms. The normalized spacial score (nSPS) is 9.27. The summed E-state index contributed by atoms with van der Waals surface area (Å²) in [5.74, 6) is 0. The first kappa shape index (κ1) is 7.96. The zero-order chi connectivity index (χ0) is 8.43. The topological polar surface area (TPSA) is 49.6 Å². The fourth-order valence-corrected chi connectivity index (χ4v) is 0.862. The number of halogens is 1. The molecule has 0 aromatic carbocycles. The van der Waals surface area contributed by atoms with Crippen LogP contribution in [-0.2, 0) is 0 Å². The summed E-state index contributed by atoms with van der Waals surface area (Å²) in [5, 5.41) is 16.1. The van der Waals surface area contributed by atoms with E-state index in [4.69, 9.17) is 16.9 Å². The largest absolute Gasteiger partial charge is 0.191 e. The monoisotopic (exact) mass is 167 g/mol. The molecule has 0 bridgehead atoms. The minimum absolute atomic E-state index is 0.340. The third-order valence-electron chi connectivity index (χ3n) is 1.57. The first-order valence-electron chi connectivity index (χ1n) is 3.06. The summed E-state index contributed by atoms with van der Waals surface area (Å²) in [6, 6.07) is 1.93. The van der Waals surface area contributed by atoms with Gasteiger partial charge in [-0.2, -0.15) is 5.26 Å². The van der Waals surface area contributed by atoms with Gasteiger partial charge in [0.1, 0.15) is 6.07 Å². The zero-order valence-corrected chi connectivity index (χ0v) is 6.98. The van der Waals surface area contributed by atoms with Crippen LogP contribution in [0.5, 0.6) is 0 Å². The molecule has 0 radical (unpaired) electrons. The van der Waals surface area contributed by atoms with Gasteiger partial charge in [0.15, 0.2) is 10.8 Å². The summed E-state index contributed by atoms with van der Waals surface area (Å²) in [4.78, 5) is 0. The highest BCUT2D eigenvalue weighted by Crippen LogP contribution is 2.15. The third kappa shape index (κ3) is 1.31. The van der Waals surface area contributed by atoms with Crippen molar-refractivity contribution < 1.29 is 0 Å². The van der Waals surface area contributed by atoms with Gasteiger partial charge in [-0.15, -0.1) is 10.2 Å². The van der Waals surface area contributed by atoms with Crippen molar-refractivity contribution in [3.8, 4) is 6.07 Å². The maximum atomic E-state index is 8.54. The number of hydrogen-bond donors (Lipinski definition) is 0. The third-order valence-corrected chi connectivity index (χ3v) is 1.93. The van der Waals surface area contributed by atoms with E-state index in [2.05, 4.69) is 10.2 Å². The second-order valence-electron chi connectivity index (χ2n) is 2.20. The molecular formula is C7H6ClN3. The fraction of sp³-hybridized carbons (Fsp3) is 0.286. The lowest BCUT2D eigenvalue weighted by atomic mass is 10.1. The number of hydrogen-bond acceptors (Lipinski definition) is 3. The van der Waals surface area contributed by atoms with Crippen LogP contribution in [0.2, 0.25) is 5.15 Å². The van der Waals surface area contributed by atoms with Crippen LogP contribution in [0.1, 0.15) is 16.8 Å². The SMILES string of the molecule is Cc1c(Cl)nnc(C#N)c1C. The lowest BCUT2D eigenvalue weighted by Gasteiger charge is -2.00. The van der Waals surface area contributed by atoms with Gasteiger partial charge in [0, 0.05) is 0 Å². The molecule has 0 unspecified atom stereocenters. The van der Waals surface area contributed by atoms with Gasteiger partial charge in [0.25, 0.3) is 0 Å². The fourth-order valence-electron chi connectivity index (χ4n) is 0.682. The van der Waals surface area contributed by atoms with E-state index in [1.807, 2.05) is 13.0 Å². The highest BCUT2D eigenvalue weighted by molar-refractivity contribution is 6.30. The maximum Gasteiger partial charge on any atom is 0.166 e. The zero-order valence-electron chi connectivity index (χ0n) is 6.22. The smallest absolute Gasteiger partial charge is 0.166 e. The predicted octanol–water partition coefficient (Wildman–Crippen LogP) is 1.62. The van der Waals surface area contributed by atoms with E-state index in [1.54, 1.807) is 6.92 Å². The molecule has 0 atom stereocenters. The molecule has 0 aliphatic rings. The van der Waals surface area contributed by atoms with Crippen LogP contribution in [0.4, 0.5) is 0 Å². The van der Waals surface area contributed by atoms with Crippen molar-refractivity contribution in [2.75, 3.05) is 0 Å². The molecule has 0 saturated heterocycles. The quantitative estimate of drug-likeness (QED) is 0.590. The molecule has 0 fully saturated rings. The van der Waals surface area contributed by atoms with Gasteiger partial charge in [-0.1, -0.05) is 11.6 Å². The van der Waals surface area contributed by atoms with Gasteiger partial charge >= 0.3 is 0 Å². The molecule has 56 valence electrons. The van der Waals surface area contributed by atoms with Crippen molar-refractivity contribution in [1.29, 1.82) is 5.26 Å². The van der Waals surface area contributed by atoms with E-state index in [1.165, 1.54) is 0 Å². The van der Waals surface area contributed by atoms with Gasteiger partial charge < -0.3 is 0 Å². The van der Waals surface area contributed by atoms with Crippen molar-refractivity contribution in [2.24, 2.45) is 0 Å². The Morgan fingerprint density at radius 3 is 2.45 bits per heavy atom. The summed E-state index contributed by atoms with van der Waals surface area (Å²) in [6.45, 7) is 3.61. The molecule has 0 aliphatic heterocycles. The van der Waals surface area contributed by atoms with Crippen LogP contribution in [0, 0.1) is 25.2 Å². The molecule has 1 aromatic rings. The molecule has 1 heterocycles. The molecular weight excluding hydrogens is 162 g/mol. The van der Waals surface area contributed by atoms with Gasteiger partial charge in [0.05, 0.1) is 0 Å². The first-order chi connectivity index (χ1) is 5.16. The molecule has 0 amide bonds. The Morgan fingerprint density at radius 1 is 1.27 bits per heavy atom. The van der Waals surface area contributed by atoms with Crippen LogP contribution < -0.4 is 0 Å². The van der Waals surface area contributed by atoms with Crippen LogP contribution in [0.15, 0.2) is 0 Å². The summed E-state index contributed by atoms with van der Waals surface area (Å²) in [6.07, 6.45) is 0. The van der Waals surface area contributed by atoms with Crippen LogP contribution in [-0.4, -0.2) is 10.2 Å². The van der Waals surface area contributed by atoms with Crippen LogP contribution in [0.25, 0.3) is 0 Å². The lowest BCUT2D eigenvalue weighted by molar-refractivity contribution is 0.974. The second-order valence-corrected chi connectivity index (χ2v) is 2.56. The van der Waals surface area contributed by atoms with Crippen LogP contribution >= 0.6 is 11.6 Å². The molecule has 0 aliphatic carbocycles. The minimum atomic E-state index is 0.340. The van der Waals surface area contributed by atoms with E-state index >= 15 is 0 Å². The lowest BCUT2D eigenvalue weighted by Crippen LogP contribution is -1.96. The number of rotatable bonds is 0. The molecule has 11 heavy (non-hydrogen) atoms. The van der Waals surface area contributed by atoms with Crippen molar-refractivity contribution >= 4 is 11.6 Å². The predicted molar refractivity (Wildman–Crippen MR) is 41.2 cm³/mol. The summed E-state index contributed by atoms with van der Waals surface area (Å²) in [5.41, 5.74) is 1.96. The Bertz CT molecular complexity index is 327. The van der Waals surface area contributed by atoms with Gasteiger partial charge in [-0.3, -0.25) is 0 Å². The second kappa shape index (κ2) is 2.85. The molecule has 1 rings (SSSR count). The molecule has 3 nitrogen and oxygen atoms in total. The van der Waals surface area contributed by atoms with E-state index < -0.39 is 0 Å².